The first kappa shape index (κ1) is 17.5. The van der Waals surface area contributed by atoms with Crippen molar-refractivity contribution in [2.24, 2.45) is 0 Å². The number of benzene rings is 1. The standard InChI is InChI=1S/C18H11F2N3O2S2/c19-11-4-10(5-12(20)7-11)6-13-8-21-18(27-13)23-16(24)14-9-26-17(22-14)15-2-1-3-25-15/h1-5,7-9H,6H2,(H,21,23,24). The van der Waals surface area contributed by atoms with Crippen molar-refractivity contribution < 1.29 is 18.0 Å². The van der Waals surface area contributed by atoms with Gasteiger partial charge in [0.2, 0.25) is 0 Å². The Morgan fingerprint density at radius 3 is 2.78 bits per heavy atom. The number of nitrogens with one attached hydrogen (secondary N) is 1. The third-order valence-corrected chi connectivity index (χ3v) is 5.31. The number of anilines is 1. The first-order valence-electron chi connectivity index (χ1n) is 7.77. The molecular weight excluding hydrogens is 392 g/mol. The molecule has 0 atom stereocenters. The molecule has 0 aliphatic carbocycles. The zero-order valence-electron chi connectivity index (χ0n) is 13.6. The van der Waals surface area contributed by atoms with Crippen LogP contribution in [0.3, 0.4) is 0 Å². The van der Waals surface area contributed by atoms with Crippen molar-refractivity contribution in [3.05, 3.63) is 75.9 Å². The lowest BCUT2D eigenvalue weighted by Gasteiger charge is -2.00. The van der Waals surface area contributed by atoms with Gasteiger partial charge < -0.3 is 4.42 Å². The van der Waals surface area contributed by atoms with E-state index in [1.54, 1.807) is 23.7 Å². The lowest BCUT2D eigenvalue weighted by molar-refractivity contribution is 0.102. The average molecular weight is 403 g/mol. The van der Waals surface area contributed by atoms with Gasteiger partial charge in [0.15, 0.2) is 15.9 Å². The van der Waals surface area contributed by atoms with Gasteiger partial charge >= 0.3 is 0 Å². The molecule has 3 aromatic heterocycles. The summed E-state index contributed by atoms with van der Waals surface area (Å²) in [4.78, 5) is 21.5. The molecule has 0 unspecified atom stereocenters. The van der Waals surface area contributed by atoms with E-state index in [2.05, 4.69) is 15.3 Å². The maximum absolute atomic E-state index is 13.3. The summed E-state index contributed by atoms with van der Waals surface area (Å²) in [5, 5.41) is 5.31. The van der Waals surface area contributed by atoms with E-state index in [1.165, 1.54) is 41.1 Å². The summed E-state index contributed by atoms with van der Waals surface area (Å²) in [5.74, 6) is -1.04. The monoisotopic (exact) mass is 403 g/mol. The summed E-state index contributed by atoms with van der Waals surface area (Å²) >= 11 is 2.54. The molecule has 27 heavy (non-hydrogen) atoms. The minimum Gasteiger partial charge on any atom is -0.462 e. The van der Waals surface area contributed by atoms with Crippen LogP contribution in [0.1, 0.15) is 20.9 Å². The Bertz CT molecular complexity index is 1070. The molecule has 0 aliphatic heterocycles. The second kappa shape index (κ2) is 7.37. The molecule has 0 saturated carbocycles. The highest BCUT2D eigenvalue weighted by Gasteiger charge is 2.15. The van der Waals surface area contributed by atoms with Crippen molar-refractivity contribution in [3.8, 4) is 10.8 Å². The minimum absolute atomic E-state index is 0.260. The molecular formula is C18H11F2N3O2S2. The van der Waals surface area contributed by atoms with Crippen LogP contribution in [0.15, 0.2) is 52.6 Å². The highest BCUT2D eigenvalue weighted by Crippen LogP contribution is 2.26. The molecule has 0 radical (unpaired) electrons. The van der Waals surface area contributed by atoms with Gasteiger partial charge in [-0.15, -0.1) is 22.7 Å². The second-order valence-electron chi connectivity index (χ2n) is 5.56. The molecule has 0 fully saturated rings. The van der Waals surface area contributed by atoms with E-state index in [0.717, 1.165) is 10.9 Å². The van der Waals surface area contributed by atoms with Crippen molar-refractivity contribution in [2.45, 2.75) is 6.42 Å². The van der Waals surface area contributed by atoms with E-state index in [-0.39, 0.29) is 11.6 Å². The number of hydrogen-bond acceptors (Lipinski definition) is 6. The Balaban J connectivity index is 1.44. The third kappa shape index (κ3) is 4.09. The molecule has 3 heterocycles. The van der Waals surface area contributed by atoms with Gasteiger partial charge in [0, 0.05) is 28.9 Å². The van der Waals surface area contributed by atoms with Gasteiger partial charge in [0.05, 0.1) is 6.26 Å². The lowest BCUT2D eigenvalue weighted by Crippen LogP contribution is -2.11. The number of nitrogens with zero attached hydrogens (tertiary/aromatic N) is 2. The van der Waals surface area contributed by atoms with Crippen molar-refractivity contribution in [1.82, 2.24) is 9.97 Å². The Hall–Kier alpha value is -2.91. The summed E-state index contributed by atoms with van der Waals surface area (Å²) < 4.78 is 31.8. The SMILES string of the molecule is O=C(Nc1ncc(Cc2cc(F)cc(F)c2)s1)c1csc(-c2ccco2)n1. The molecule has 9 heteroatoms. The summed E-state index contributed by atoms with van der Waals surface area (Å²) in [6.07, 6.45) is 3.43. The number of hydrogen-bond donors (Lipinski definition) is 1. The molecule has 0 bridgehead atoms. The summed E-state index contributed by atoms with van der Waals surface area (Å²) in [5.41, 5.74) is 0.756. The molecule has 1 aromatic carbocycles. The number of carbonyl (C=O) groups is 1. The lowest BCUT2D eigenvalue weighted by atomic mass is 10.1. The van der Waals surface area contributed by atoms with Crippen LogP contribution < -0.4 is 5.32 Å². The summed E-state index contributed by atoms with van der Waals surface area (Å²) in [6, 6.07) is 6.88. The predicted molar refractivity (Wildman–Crippen MR) is 99.0 cm³/mol. The van der Waals surface area contributed by atoms with Crippen LogP contribution in [0.4, 0.5) is 13.9 Å². The van der Waals surface area contributed by atoms with E-state index >= 15 is 0 Å². The van der Waals surface area contributed by atoms with E-state index in [4.69, 9.17) is 4.42 Å². The fourth-order valence-electron chi connectivity index (χ4n) is 2.41. The van der Waals surface area contributed by atoms with Crippen molar-refractivity contribution in [2.75, 3.05) is 5.32 Å². The van der Waals surface area contributed by atoms with Crippen molar-refractivity contribution in [3.63, 3.8) is 0 Å². The van der Waals surface area contributed by atoms with E-state index in [9.17, 15) is 13.6 Å². The zero-order valence-corrected chi connectivity index (χ0v) is 15.2. The van der Waals surface area contributed by atoms with Gasteiger partial charge in [-0.3, -0.25) is 10.1 Å². The minimum atomic E-state index is -0.626. The van der Waals surface area contributed by atoms with Crippen molar-refractivity contribution >= 4 is 33.7 Å². The van der Waals surface area contributed by atoms with Crippen LogP contribution in [0.25, 0.3) is 10.8 Å². The summed E-state index contributed by atoms with van der Waals surface area (Å²) in [6.45, 7) is 0. The first-order valence-corrected chi connectivity index (χ1v) is 9.47. The van der Waals surface area contributed by atoms with Gasteiger partial charge in [0.1, 0.15) is 17.3 Å². The highest BCUT2D eigenvalue weighted by molar-refractivity contribution is 7.15. The Labute approximate surface area is 160 Å². The van der Waals surface area contributed by atoms with Gasteiger partial charge in [0.25, 0.3) is 5.91 Å². The van der Waals surface area contributed by atoms with Crippen LogP contribution in [-0.4, -0.2) is 15.9 Å². The number of halogens is 2. The predicted octanol–water partition coefficient (Wildman–Crippen LogP) is 4.98. The molecule has 4 aromatic rings. The van der Waals surface area contributed by atoms with Crippen LogP contribution >= 0.6 is 22.7 Å². The quantitative estimate of drug-likeness (QED) is 0.510. The number of thiazole rings is 2. The van der Waals surface area contributed by atoms with Crippen LogP contribution in [0, 0.1) is 11.6 Å². The maximum atomic E-state index is 13.3. The Morgan fingerprint density at radius 1 is 1.22 bits per heavy atom. The molecule has 0 saturated heterocycles. The molecule has 0 spiro atoms. The number of aromatic nitrogens is 2. The summed E-state index contributed by atoms with van der Waals surface area (Å²) in [7, 11) is 0. The number of carbonyl (C=O) groups excluding carboxylic acids is 1. The van der Waals surface area contributed by atoms with Gasteiger partial charge in [-0.25, -0.2) is 18.7 Å². The number of furan rings is 1. The highest BCUT2D eigenvalue weighted by atomic mass is 32.1. The van der Waals surface area contributed by atoms with Crippen LogP contribution in [0.2, 0.25) is 0 Å². The smallest absolute Gasteiger partial charge is 0.276 e. The van der Waals surface area contributed by atoms with Crippen molar-refractivity contribution in [1.29, 1.82) is 0 Å². The van der Waals surface area contributed by atoms with Gasteiger partial charge in [-0.05, 0) is 29.8 Å². The second-order valence-corrected chi connectivity index (χ2v) is 7.53. The van der Waals surface area contributed by atoms with Crippen LogP contribution in [-0.2, 0) is 6.42 Å². The van der Waals surface area contributed by atoms with E-state index in [1.807, 2.05) is 0 Å². The topological polar surface area (TPSA) is 68.0 Å². The molecule has 4 rings (SSSR count). The third-order valence-electron chi connectivity index (χ3n) is 3.54. The molecule has 136 valence electrons. The van der Waals surface area contributed by atoms with Gasteiger partial charge in [-0.2, -0.15) is 0 Å². The number of rotatable bonds is 5. The van der Waals surface area contributed by atoms with Crippen LogP contribution in [0.5, 0.6) is 0 Å². The first-order chi connectivity index (χ1) is 13.1. The maximum Gasteiger partial charge on any atom is 0.276 e. The van der Waals surface area contributed by atoms with E-state index < -0.39 is 11.6 Å². The fraction of sp³-hybridized carbons (Fsp3) is 0.0556. The zero-order chi connectivity index (χ0) is 18.8. The Kier molecular flexibility index (Phi) is 4.78. The van der Waals surface area contributed by atoms with E-state index in [0.29, 0.717) is 27.9 Å². The largest absolute Gasteiger partial charge is 0.462 e. The number of amides is 1. The molecule has 5 nitrogen and oxygen atoms in total. The average Bonchev–Trinajstić information content (AvgIpc) is 3.35. The normalized spacial score (nSPS) is 10.9. The molecule has 1 N–H and O–H groups in total. The fourth-order valence-corrected chi connectivity index (χ4v) is 4.02. The van der Waals surface area contributed by atoms with Gasteiger partial charge in [-0.1, -0.05) is 0 Å². The Morgan fingerprint density at radius 2 is 2.04 bits per heavy atom. The molecule has 1 amide bonds. The molecule has 0 aliphatic rings.